The molecule has 358 valence electrons. The van der Waals surface area contributed by atoms with Crippen LogP contribution >= 0.6 is 0 Å². The second-order valence-corrected chi connectivity index (χ2v) is 18.6. The molecule has 0 aromatic heterocycles. The minimum Gasteiger partial charge on any atom is -0.382 e. The Labute approximate surface area is 378 Å². The topological polar surface area (TPSA) is 112 Å². The zero-order chi connectivity index (χ0) is 44.9. The number of rotatable bonds is 49. The zero-order valence-electron chi connectivity index (χ0n) is 40.7. The van der Waals surface area contributed by atoms with Crippen molar-refractivity contribution in [3.8, 4) is 0 Å². The van der Waals surface area contributed by atoms with Crippen molar-refractivity contribution in [2.75, 3.05) is 0 Å². The molecule has 0 aromatic carbocycles. The fraction of sp³-hybridized carbons (Fsp3) is 0.873. The van der Waals surface area contributed by atoms with Crippen LogP contribution in [0.1, 0.15) is 290 Å². The number of Topliss-reactive ketones (excluding diaryl/α,β-unsaturated/α-hetero) is 3. The van der Waals surface area contributed by atoms with Crippen LogP contribution in [0.15, 0.2) is 24.3 Å². The molecule has 0 saturated heterocycles. The molecule has 6 nitrogen and oxygen atoms in total. The van der Waals surface area contributed by atoms with Crippen LogP contribution in [0, 0.1) is 0 Å². The number of carbonyl (C=O) groups is 3. The summed E-state index contributed by atoms with van der Waals surface area (Å²) in [6.07, 6.45) is 48.9. The molecule has 0 bridgehead atoms. The number of unbranched alkanes of at least 4 members (excludes halogenated alkanes) is 34. The van der Waals surface area contributed by atoms with E-state index in [4.69, 9.17) is 0 Å². The van der Waals surface area contributed by atoms with Gasteiger partial charge < -0.3 is 15.3 Å². The summed E-state index contributed by atoms with van der Waals surface area (Å²) in [7, 11) is 0. The minimum atomic E-state index is -2.81. The van der Waals surface area contributed by atoms with Gasteiger partial charge in [-0.3, -0.25) is 14.4 Å². The molecular formula is C55H102O6. The molecular weight excluding hydrogens is 757 g/mol. The first-order valence-corrected chi connectivity index (χ1v) is 26.7. The summed E-state index contributed by atoms with van der Waals surface area (Å²) in [6, 6.07) is 0. The van der Waals surface area contributed by atoms with Crippen LogP contribution in [0.3, 0.4) is 0 Å². The van der Waals surface area contributed by atoms with E-state index in [-0.39, 0.29) is 19.3 Å². The second kappa shape index (κ2) is 45.0. The highest BCUT2D eigenvalue weighted by Gasteiger charge is 2.53. The van der Waals surface area contributed by atoms with Gasteiger partial charge in [0.05, 0.1) is 0 Å². The van der Waals surface area contributed by atoms with E-state index in [0.29, 0.717) is 19.3 Å². The molecule has 0 radical (unpaired) electrons. The number of allylic oxidation sites excluding steroid dienone is 4. The number of hydrogen-bond donors (Lipinski definition) is 3. The second-order valence-electron chi connectivity index (χ2n) is 18.6. The van der Waals surface area contributed by atoms with E-state index >= 15 is 0 Å². The molecule has 0 aromatic rings. The van der Waals surface area contributed by atoms with E-state index in [1.54, 1.807) is 0 Å². The van der Waals surface area contributed by atoms with Gasteiger partial charge in [-0.15, -0.1) is 0 Å². The third kappa shape index (κ3) is 34.5. The quantitative estimate of drug-likeness (QED) is 0.0415. The van der Waals surface area contributed by atoms with Crippen molar-refractivity contribution >= 4 is 17.3 Å². The fourth-order valence-electron chi connectivity index (χ4n) is 8.46. The lowest BCUT2D eigenvalue weighted by molar-refractivity contribution is -0.181. The van der Waals surface area contributed by atoms with Gasteiger partial charge in [-0.25, -0.2) is 0 Å². The molecule has 0 heterocycles. The maximum atomic E-state index is 13.6. The van der Waals surface area contributed by atoms with E-state index in [2.05, 4.69) is 45.1 Å². The van der Waals surface area contributed by atoms with Gasteiger partial charge in [0, 0.05) is 19.3 Å². The third-order valence-corrected chi connectivity index (χ3v) is 12.8. The first-order valence-electron chi connectivity index (χ1n) is 26.7. The summed E-state index contributed by atoms with van der Waals surface area (Å²) >= 11 is 0. The monoisotopic (exact) mass is 859 g/mol. The molecule has 0 aliphatic carbocycles. The normalized spacial score (nSPS) is 13.9. The van der Waals surface area contributed by atoms with Crippen molar-refractivity contribution in [3.05, 3.63) is 24.3 Å². The molecule has 6 heteroatoms. The third-order valence-electron chi connectivity index (χ3n) is 12.8. The van der Waals surface area contributed by atoms with E-state index in [1.165, 1.54) is 135 Å². The Morgan fingerprint density at radius 1 is 0.344 bits per heavy atom. The summed E-state index contributed by atoms with van der Waals surface area (Å²) in [6.45, 7) is 6.74. The first-order chi connectivity index (χ1) is 29.8. The van der Waals surface area contributed by atoms with Gasteiger partial charge in [0.25, 0.3) is 0 Å². The summed E-state index contributed by atoms with van der Waals surface area (Å²) in [5.41, 5.74) is -2.81. The lowest BCUT2D eigenvalue weighted by Crippen LogP contribution is -2.63. The Kier molecular flexibility index (Phi) is 43.8. The standard InChI is InChI=1S/C55H102O6/c1-4-7-10-13-16-19-22-25-27-30-33-36-39-42-45-48-51(57)54(60)55(61,52(58)49-46-43-40-37-34-31-28-26-23-20-17-14-11-8-5-2)53(59)50(56)47-44-41-38-35-32-29-24-21-18-15-12-9-6-3/h25-28,53-54,59-61H,4-24,29-49H2,1-3H3. The highest BCUT2D eigenvalue weighted by Crippen LogP contribution is 2.26. The van der Waals surface area contributed by atoms with Crippen LogP contribution in [0.2, 0.25) is 0 Å². The van der Waals surface area contributed by atoms with E-state index in [9.17, 15) is 29.7 Å². The van der Waals surface area contributed by atoms with Crippen molar-refractivity contribution in [2.45, 2.75) is 308 Å². The Hall–Kier alpha value is -1.63. The Bertz CT molecular complexity index is 1050. The van der Waals surface area contributed by atoms with Crippen LogP contribution in [0.5, 0.6) is 0 Å². The largest absolute Gasteiger partial charge is 0.382 e. The molecule has 3 atom stereocenters. The van der Waals surface area contributed by atoms with Crippen molar-refractivity contribution in [3.63, 3.8) is 0 Å². The van der Waals surface area contributed by atoms with Crippen LogP contribution in [0.4, 0.5) is 0 Å². The van der Waals surface area contributed by atoms with Gasteiger partial charge in [-0.05, 0) is 70.6 Å². The molecule has 0 rings (SSSR count). The lowest BCUT2D eigenvalue weighted by atomic mass is 9.78. The molecule has 0 amide bonds. The average Bonchev–Trinajstić information content (AvgIpc) is 3.26. The SMILES string of the molecule is CCCCCCCCC=CCCCCCCCC(=O)C(O)C(O)(C(=O)CCCCCCCC=CCCCCCCCC)C(O)C(=O)CCCCCCCCCCCCCCC. The van der Waals surface area contributed by atoms with Crippen molar-refractivity contribution in [1.82, 2.24) is 0 Å². The number of aliphatic hydroxyl groups excluding tert-OH is 2. The first kappa shape index (κ1) is 59.4. The summed E-state index contributed by atoms with van der Waals surface area (Å²) in [5.74, 6) is -2.15. The molecule has 0 saturated carbocycles. The molecule has 0 aliphatic rings. The smallest absolute Gasteiger partial charge is 0.189 e. The Balaban J connectivity index is 4.81. The van der Waals surface area contributed by atoms with Crippen molar-refractivity contribution in [1.29, 1.82) is 0 Å². The van der Waals surface area contributed by atoms with Gasteiger partial charge in [0.1, 0.15) is 0 Å². The van der Waals surface area contributed by atoms with E-state index < -0.39 is 35.2 Å². The van der Waals surface area contributed by atoms with Gasteiger partial charge in [-0.2, -0.15) is 0 Å². The number of carbonyl (C=O) groups excluding carboxylic acids is 3. The van der Waals surface area contributed by atoms with Crippen molar-refractivity contribution < 1.29 is 29.7 Å². The zero-order valence-corrected chi connectivity index (χ0v) is 40.7. The summed E-state index contributed by atoms with van der Waals surface area (Å²) < 4.78 is 0. The minimum absolute atomic E-state index is 0.00207. The summed E-state index contributed by atoms with van der Waals surface area (Å²) in [4.78, 5) is 40.1. The number of aliphatic hydroxyl groups is 3. The molecule has 61 heavy (non-hydrogen) atoms. The Morgan fingerprint density at radius 2 is 0.557 bits per heavy atom. The number of hydrogen-bond acceptors (Lipinski definition) is 6. The van der Waals surface area contributed by atoms with Crippen LogP contribution < -0.4 is 0 Å². The molecule has 3 N–H and O–H groups in total. The highest BCUT2D eigenvalue weighted by molar-refractivity contribution is 6.01. The Morgan fingerprint density at radius 3 is 0.820 bits per heavy atom. The van der Waals surface area contributed by atoms with Gasteiger partial charge in [0.15, 0.2) is 35.2 Å². The molecule has 0 spiro atoms. The predicted molar refractivity (Wildman–Crippen MR) is 261 cm³/mol. The number of ketones is 3. The highest BCUT2D eigenvalue weighted by atomic mass is 16.4. The van der Waals surface area contributed by atoms with Crippen LogP contribution in [0.25, 0.3) is 0 Å². The molecule has 0 aliphatic heterocycles. The van der Waals surface area contributed by atoms with Crippen LogP contribution in [-0.4, -0.2) is 50.5 Å². The predicted octanol–water partition coefficient (Wildman–Crippen LogP) is 15.7. The van der Waals surface area contributed by atoms with Gasteiger partial charge in [0.2, 0.25) is 0 Å². The van der Waals surface area contributed by atoms with E-state index in [0.717, 1.165) is 96.3 Å². The maximum absolute atomic E-state index is 13.6. The maximum Gasteiger partial charge on any atom is 0.189 e. The molecule has 0 fully saturated rings. The molecule has 3 unspecified atom stereocenters. The van der Waals surface area contributed by atoms with Gasteiger partial charge in [-0.1, -0.05) is 225 Å². The fourth-order valence-corrected chi connectivity index (χ4v) is 8.46. The van der Waals surface area contributed by atoms with Gasteiger partial charge >= 0.3 is 0 Å². The average molecular weight is 859 g/mol. The lowest BCUT2D eigenvalue weighted by Gasteiger charge is -2.34. The van der Waals surface area contributed by atoms with E-state index in [1.807, 2.05) is 0 Å². The van der Waals surface area contributed by atoms with Crippen molar-refractivity contribution in [2.24, 2.45) is 0 Å². The summed E-state index contributed by atoms with van der Waals surface area (Å²) in [5, 5.41) is 34.1. The van der Waals surface area contributed by atoms with Crippen LogP contribution in [-0.2, 0) is 14.4 Å².